The zero-order valence-electron chi connectivity index (χ0n) is 27.7. The third kappa shape index (κ3) is 5.88. The van der Waals surface area contributed by atoms with Crippen molar-refractivity contribution in [3.63, 3.8) is 0 Å². The van der Waals surface area contributed by atoms with Crippen molar-refractivity contribution in [2.24, 2.45) is 14.1 Å². The molecule has 0 saturated carbocycles. The molecule has 0 radical (unpaired) electrons. The maximum Gasteiger partial charge on any atom is 0.352 e. The average Bonchev–Trinajstić information content (AvgIpc) is 3.68. The van der Waals surface area contributed by atoms with Crippen molar-refractivity contribution in [3.8, 4) is 16.9 Å². The van der Waals surface area contributed by atoms with Crippen LogP contribution in [0.2, 0.25) is 5.02 Å². The van der Waals surface area contributed by atoms with Gasteiger partial charge in [-0.25, -0.2) is 4.79 Å². The number of rotatable bonds is 2. The van der Waals surface area contributed by atoms with Gasteiger partial charge >= 0.3 is 5.97 Å². The Labute approximate surface area is 293 Å². The van der Waals surface area contributed by atoms with Gasteiger partial charge in [0.05, 0.1) is 28.5 Å². The van der Waals surface area contributed by atoms with Crippen LogP contribution in [0.3, 0.4) is 0 Å². The van der Waals surface area contributed by atoms with Crippen LogP contribution in [-0.2, 0) is 37.8 Å². The number of nitrogens with zero attached hydrogens (tertiary/aromatic N) is 5. The third-order valence-corrected chi connectivity index (χ3v) is 11.4. The van der Waals surface area contributed by atoms with E-state index in [-0.39, 0.29) is 6.04 Å². The molecule has 0 aliphatic carbocycles. The van der Waals surface area contributed by atoms with Crippen molar-refractivity contribution < 1.29 is 14.6 Å². The Morgan fingerprint density at radius 2 is 1.79 bits per heavy atom. The number of fused-ring (bicyclic) bond motifs is 8. The first kappa shape index (κ1) is 32.7. The summed E-state index contributed by atoms with van der Waals surface area (Å²) in [5, 5.41) is 24.1. The molecule has 11 heteroatoms. The smallest absolute Gasteiger partial charge is 0.352 e. The fourth-order valence-corrected chi connectivity index (χ4v) is 8.94. The number of aromatic carboxylic acids is 1. The van der Waals surface area contributed by atoms with Crippen molar-refractivity contribution in [1.82, 2.24) is 24.1 Å². The van der Waals surface area contributed by atoms with Gasteiger partial charge in [-0.15, -0.1) is 23.5 Å². The standard InChI is InChI=1S/C37H38ClN5O3S2/c1-21(2)43-35-29-12-13-30(38)34(35)33-22(3)41(4)40-31(33)20-47-18-24-16-25(42(5)39-24)19-48-26-15-23-9-6-7-10-27(23)32(17-26)46-14-8-11-28(29)36(43)37(44)45/h6-7,9-10,12-13,15-17,21H,8,11,14,18-20H2,1-5H3,(H,44,45). The maximum atomic E-state index is 13.0. The van der Waals surface area contributed by atoms with Crippen LogP contribution in [0.15, 0.2) is 59.5 Å². The molecule has 8 nitrogen and oxygen atoms in total. The van der Waals surface area contributed by atoms with E-state index >= 15 is 0 Å². The first-order valence-corrected chi connectivity index (χ1v) is 18.6. The molecule has 3 aromatic heterocycles. The van der Waals surface area contributed by atoms with E-state index in [0.717, 1.165) is 83.3 Å². The fourth-order valence-electron chi connectivity index (χ4n) is 6.86. The molecule has 8 bridgehead atoms. The third-order valence-electron chi connectivity index (χ3n) is 9.12. The summed E-state index contributed by atoms with van der Waals surface area (Å²) in [5.74, 6) is 2.06. The Morgan fingerprint density at radius 1 is 0.979 bits per heavy atom. The van der Waals surface area contributed by atoms with Gasteiger partial charge in [0.1, 0.15) is 11.4 Å². The summed E-state index contributed by atoms with van der Waals surface area (Å²) < 4.78 is 12.3. The Kier molecular flexibility index (Phi) is 9.00. The molecule has 248 valence electrons. The molecule has 7 rings (SSSR count). The highest BCUT2D eigenvalue weighted by Crippen LogP contribution is 2.44. The van der Waals surface area contributed by atoms with E-state index in [9.17, 15) is 9.90 Å². The minimum Gasteiger partial charge on any atom is -0.493 e. The van der Waals surface area contributed by atoms with Crippen molar-refractivity contribution >= 4 is 62.8 Å². The fraction of sp³-hybridized carbons (Fsp3) is 0.324. The van der Waals surface area contributed by atoms with E-state index in [2.05, 4.69) is 30.3 Å². The minimum absolute atomic E-state index is 0.119. The predicted octanol–water partition coefficient (Wildman–Crippen LogP) is 9.22. The van der Waals surface area contributed by atoms with Gasteiger partial charge in [0.2, 0.25) is 0 Å². The molecular formula is C37H38ClN5O3S2. The van der Waals surface area contributed by atoms with Gasteiger partial charge in [-0.2, -0.15) is 10.2 Å². The van der Waals surface area contributed by atoms with Crippen LogP contribution < -0.4 is 4.74 Å². The summed E-state index contributed by atoms with van der Waals surface area (Å²) in [5.41, 5.74) is 7.81. The number of halogens is 1. The number of aromatic nitrogens is 5. The van der Waals surface area contributed by atoms with Crippen LogP contribution in [0.5, 0.6) is 5.75 Å². The summed E-state index contributed by atoms with van der Waals surface area (Å²) >= 11 is 10.6. The molecule has 6 aromatic rings. The number of thioether (sulfide) groups is 2. The molecule has 0 unspecified atom stereocenters. The van der Waals surface area contributed by atoms with Crippen LogP contribution in [0.1, 0.15) is 65.1 Å². The molecule has 1 N–H and O–H groups in total. The van der Waals surface area contributed by atoms with Crippen LogP contribution in [0.25, 0.3) is 32.8 Å². The normalized spacial score (nSPS) is 14.3. The summed E-state index contributed by atoms with van der Waals surface area (Å²) in [4.78, 5) is 14.2. The van der Waals surface area contributed by atoms with Gasteiger partial charge in [0.15, 0.2) is 0 Å². The van der Waals surface area contributed by atoms with Gasteiger partial charge in [-0.3, -0.25) is 9.36 Å². The monoisotopic (exact) mass is 699 g/mol. The SMILES string of the molecule is Cc1c2c(nn1C)CSCc1cc(n(C)n1)CSc1cc(c3ccccc3c1)OCCCc1c(C(=O)O)n(C(C)C)c3c-2c(Cl)ccc13. The Bertz CT molecular complexity index is 2200. The lowest BCUT2D eigenvalue weighted by Gasteiger charge is -2.17. The largest absolute Gasteiger partial charge is 0.493 e. The number of ether oxygens (including phenoxy) is 1. The summed E-state index contributed by atoms with van der Waals surface area (Å²) in [7, 11) is 3.95. The van der Waals surface area contributed by atoms with Gasteiger partial charge in [-0.05, 0) is 68.8 Å². The first-order valence-electron chi connectivity index (χ1n) is 16.1. The molecule has 0 atom stereocenters. The molecule has 0 fully saturated rings. The zero-order valence-corrected chi connectivity index (χ0v) is 30.1. The Balaban J connectivity index is 1.39. The van der Waals surface area contributed by atoms with Crippen molar-refractivity contribution in [2.45, 2.75) is 61.8 Å². The van der Waals surface area contributed by atoms with Gasteiger partial charge in [0.25, 0.3) is 0 Å². The first-order chi connectivity index (χ1) is 23.1. The predicted molar refractivity (Wildman–Crippen MR) is 197 cm³/mol. The molecule has 0 amide bonds. The van der Waals surface area contributed by atoms with Crippen molar-refractivity contribution in [2.75, 3.05) is 6.61 Å². The van der Waals surface area contributed by atoms with Crippen LogP contribution in [0, 0.1) is 6.92 Å². The molecular weight excluding hydrogens is 662 g/mol. The van der Waals surface area contributed by atoms with E-state index in [1.165, 1.54) is 0 Å². The summed E-state index contributed by atoms with van der Waals surface area (Å²) in [6, 6.07) is 18.6. The highest BCUT2D eigenvalue weighted by Gasteiger charge is 2.29. The van der Waals surface area contributed by atoms with E-state index < -0.39 is 5.97 Å². The summed E-state index contributed by atoms with van der Waals surface area (Å²) in [6.45, 7) is 6.54. The molecule has 48 heavy (non-hydrogen) atoms. The molecule has 0 spiro atoms. The molecule has 3 aromatic carbocycles. The molecule has 1 aliphatic heterocycles. The van der Waals surface area contributed by atoms with Crippen LogP contribution in [0.4, 0.5) is 0 Å². The number of benzene rings is 3. The van der Waals surface area contributed by atoms with Gasteiger partial charge in [0, 0.05) is 75.6 Å². The lowest BCUT2D eigenvalue weighted by molar-refractivity contribution is 0.0682. The lowest BCUT2D eigenvalue weighted by atomic mass is 9.98. The van der Waals surface area contributed by atoms with Crippen LogP contribution >= 0.6 is 35.1 Å². The average molecular weight is 700 g/mol. The Hall–Kier alpha value is -3.86. The number of carbonyl (C=O) groups is 1. The lowest BCUT2D eigenvalue weighted by Crippen LogP contribution is -2.13. The van der Waals surface area contributed by atoms with E-state index in [0.29, 0.717) is 35.9 Å². The van der Waals surface area contributed by atoms with Gasteiger partial charge in [-0.1, -0.05) is 41.9 Å². The van der Waals surface area contributed by atoms with Crippen LogP contribution in [-0.4, -0.2) is 41.8 Å². The molecule has 1 aliphatic rings. The maximum absolute atomic E-state index is 13.0. The number of hydrogen-bond donors (Lipinski definition) is 1. The van der Waals surface area contributed by atoms with E-state index in [1.54, 1.807) is 23.5 Å². The van der Waals surface area contributed by atoms with Crippen molar-refractivity contribution in [1.29, 1.82) is 0 Å². The zero-order chi connectivity index (χ0) is 33.7. The minimum atomic E-state index is -0.948. The second-order valence-corrected chi connectivity index (χ2v) is 15.0. The van der Waals surface area contributed by atoms with E-state index in [4.69, 9.17) is 26.5 Å². The van der Waals surface area contributed by atoms with Crippen molar-refractivity contribution in [3.05, 3.63) is 93.7 Å². The number of carboxylic acid groups (broad SMARTS) is 1. The number of aryl methyl sites for hydroxylation is 3. The number of hydrogen-bond acceptors (Lipinski definition) is 6. The highest BCUT2D eigenvalue weighted by atomic mass is 35.5. The molecule has 4 heterocycles. The second kappa shape index (κ2) is 13.2. The number of carboxylic acids is 1. The quantitative estimate of drug-likeness (QED) is 0.193. The topological polar surface area (TPSA) is 87.1 Å². The second-order valence-electron chi connectivity index (χ2n) is 12.6. The molecule has 0 saturated heterocycles. The summed E-state index contributed by atoms with van der Waals surface area (Å²) in [6.07, 6.45) is 1.19. The van der Waals surface area contributed by atoms with E-state index in [1.807, 2.05) is 73.1 Å². The van der Waals surface area contributed by atoms with Gasteiger partial charge < -0.3 is 14.4 Å². The highest BCUT2D eigenvalue weighted by molar-refractivity contribution is 7.98. The Morgan fingerprint density at radius 3 is 2.58 bits per heavy atom.